The maximum absolute atomic E-state index is 13.0. The van der Waals surface area contributed by atoms with Gasteiger partial charge in [0.05, 0.1) is 11.6 Å². The van der Waals surface area contributed by atoms with E-state index in [0.29, 0.717) is 23.6 Å². The van der Waals surface area contributed by atoms with Crippen molar-refractivity contribution in [3.8, 4) is 5.82 Å². The summed E-state index contributed by atoms with van der Waals surface area (Å²) >= 11 is 0. The summed E-state index contributed by atoms with van der Waals surface area (Å²) in [5.41, 5.74) is 3.00. The molecule has 0 saturated carbocycles. The Balaban J connectivity index is 1.87. The van der Waals surface area contributed by atoms with Gasteiger partial charge in [-0.2, -0.15) is 0 Å². The van der Waals surface area contributed by atoms with E-state index in [1.54, 1.807) is 12.1 Å². The Morgan fingerprint density at radius 1 is 1.18 bits per heavy atom. The van der Waals surface area contributed by atoms with Gasteiger partial charge >= 0.3 is 5.97 Å². The molecule has 7 heteroatoms. The van der Waals surface area contributed by atoms with Gasteiger partial charge in [-0.15, -0.1) is 0 Å². The molecule has 0 fully saturated rings. The molecule has 0 aliphatic rings. The van der Waals surface area contributed by atoms with Gasteiger partial charge in [0, 0.05) is 23.9 Å². The number of carboxylic acid groups (broad SMARTS) is 1. The summed E-state index contributed by atoms with van der Waals surface area (Å²) in [6, 6.07) is 12.6. The predicted octanol–water partition coefficient (Wildman–Crippen LogP) is 3.73. The molecular weight excluding hydrogens is 358 g/mol. The summed E-state index contributed by atoms with van der Waals surface area (Å²) in [4.78, 5) is 24.0. The molecule has 2 aromatic heterocycles. The largest absolute Gasteiger partial charge is 0.481 e. The molecule has 1 unspecified atom stereocenters. The summed E-state index contributed by atoms with van der Waals surface area (Å²) < 4.78 is 7.01. The van der Waals surface area contributed by atoms with E-state index in [4.69, 9.17) is 9.63 Å². The number of benzene rings is 1. The lowest BCUT2D eigenvalue weighted by molar-refractivity contribution is -0.137. The molecule has 0 aliphatic carbocycles. The Bertz CT molecular complexity index is 989. The Kier molecular flexibility index (Phi) is 5.63. The van der Waals surface area contributed by atoms with Gasteiger partial charge in [-0.3, -0.25) is 14.2 Å². The number of carbonyl (C=O) groups is 2. The van der Waals surface area contributed by atoms with Crippen LogP contribution in [0, 0.1) is 20.8 Å². The fourth-order valence-electron chi connectivity index (χ4n) is 3.32. The minimum atomic E-state index is -0.894. The number of nitrogens with one attached hydrogen (secondary N) is 1. The third kappa shape index (κ3) is 4.14. The first-order valence-electron chi connectivity index (χ1n) is 9.07. The van der Waals surface area contributed by atoms with E-state index in [1.165, 1.54) is 0 Å². The molecule has 146 valence electrons. The van der Waals surface area contributed by atoms with E-state index in [0.717, 1.165) is 17.0 Å². The average molecular weight is 381 g/mol. The molecule has 3 rings (SSSR count). The minimum absolute atomic E-state index is 0.0307. The van der Waals surface area contributed by atoms with Gasteiger partial charge in [-0.25, -0.2) is 0 Å². The zero-order valence-corrected chi connectivity index (χ0v) is 16.1. The van der Waals surface area contributed by atoms with Gasteiger partial charge in [-0.1, -0.05) is 35.5 Å². The van der Waals surface area contributed by atoms with Crippen molar-refractivity contribution in [1.82, 2.24) is 15.0 Å². The topological polar surface area (TPSA) is 97.4 Å². The smallest absolute Gasteiger partial charge is 0.303 e. The monoisotopic (exact) mass is 381 g/mol. The van der Waals surface area contributed by atoms with Crippen molar-refractivity contribution in [3.05, 3.63) is 70.7 Å². The zero-order chi connectivity index (χ0) is 20.3. The highest BCUT2D eigenvalue weighted by molar-refractivity contribution is 5.96. The summed E-state index contributed by atoms with van der Waals surface area (Å²) in [6.45, 7) is 5.55. The number of aryl methyl sites for hydroxylation is 2. The Labute approximate surface area is 163 Å². The quantitative estimate of drug-likeness (QED) is 0.650. The van der Waals surface area contributed by atoms with Crippen LogP contribution in [0.15, 0.2) is 47.0 Å². The molecule has 2 N–H and O–H groups in total. The van der Waals surface area contributed by atoms with Crippen LogP contribution in [-0.4, -0.2) is 26.7 Å². The van der Waals surface area contributed by atoms with Crippen molar-refractivity contribution in [1.29, 1.82) is 0 Å². The maximum Gasteiger partial charge on any atom is 0.303 e. The van der Waals surface area contributed by atoms with Gasteiger partial charge in [0.25, 0.3) is 5.91 Å². The van der Waals surface area contributed by atoms with E-state index in [9.17, 15) is 9.59 Å². The Hall–Kier alpha value is -3.35. The molecule has 0 radical (unpaired) electrons. The molecule has 1 atom stereocenters. The molecule has 0 aliphatic heterocycles. The minimum Gasteiger partial charge on any atom is -0.481 e. The van der Waals surface area contributed by atoms with Crippen LogP contribution in [0.2, 0.25) is 0 Å². The van der Waals surface area contributed by atoms with E-state index in [2.05, 4.69) is 10.5 Å². The number of aromatic nitrogens is 2. The first kappa shape index (κ1) is 19.4. The van der Waals surface area contributed by atoms with Crippen LogP contribution >= 0.6 is 0 Å². The first-order valence-corrected chi connectivity index (χ1v) is 9.07. The molecule has 0 spiro atoms. The Morgan fingerprint density at radius 3 is 2.50 bits per heavy atom. The Morgan fingerprint density at radius 2 is 1.89 bits per heavy atom. The zero-order valence-electron chi connectivity index (χ0n) is 16.1. The lowest BCUT2D eigenvalue weighted by Gasteiger charge is -2.18. The second-order valence-electron chi connectivity index (χ2n) is 6.79. The average Bonchev–Trinajstić information content (AvgIpc) is 3.21. The first-order chi connectivity index (χ1) is 13.4. The molecule has 28 heavy (non-hydrogen) atoms. The fraction of sp³-hybridized carbons (Fsp3) is 0.286. The van der Waals surface area contributed by atoms with E-state index < -0.39 is 5.97 Å². The van der Waals surface area contributed by atoms with Crippen LogP contribution in [0.1, 0.15) is 52.0 Å². The summed E-state index contributed by atoms with van der Waals surface area (Å²) in [7, 11) is 0. The summed E-state index contributed by atoms with van der Waals surface area (Å²) in [6.07, 6.45) is 0.281. The van der Waals surface area contributed by atoms with Crippen molar-refractivity contribution in [2.24, 2.45) is 0 Å². The number of rotatable bonds is 7. The number of carbonyl (C=O) groups excluding carboxylic acids is 1. The van der Waals surface area contributed by atoms with Crippen molar-refractivity contribution in [2.75, 3.05) is 0 Å². The normalized spacial score (nSPS) is 12.0. The lowest BCUT2D eigenvalue weighted by Crippen LogP contribution is -2.29. The number of nitrogens with zero attached hydrogens (tertiary/aromatic N) is 2. The second kappa shape index (κ2) is 8.12. The SMILES string of the molecule is Cc1cc(-n2c(C)cc(C(=O)NC(CCC(=O)O)c3ccccc3)c2C)no1. The van der Waals surface area contributed by atoms with Crippen molar-refractivity contribution in [2.45, 2.75) is 39.7 Å². The van der Waals surface area contributed by atoms with Gasteiger partial charge in [0.15, 0.2) is 5.82 Å². The molecular formula is C21H23N3O4. The highest BCUT2D eigenvalue weighted by Crippen LogP contribution is 2.23. The number of amides is 1. The second-order valence-corrected chi connectivity index (χ2v) is 6.79. The van der Waals surface area contributed by atoms with E-state index in [1.807, 2.05) is 55.7 Å². The lowest BCUT2D eigenvalue weighted by atomic mass is 10.0. The van der Waals surface area contributed by atoms with Crippen molar-refractivity contribution in [3.63, 3.8) is 0 Å². The summed E-state index contributed by atoms with van der Waals surface area (Å²) in [5, 5.41) is 16.1. The highest BCUT2D eigenvalue weighted by atomic mass is 16.5. The molecule has 2 heterocycles. The van der Waals surface area contributed by atoms with Crippen molar-refractivity contribution < 1.29 is 19.2 Å². The van der Waals surface area contributed by atoms with Gasteiger partial charge in [0.2, 0.25) is 0 Å². The van der Waals surface area contributed by atoms with Crippen LogP contribution in [0.25, 0.3) is 5.82 Å². The third-order valence-corrected chi connectivity index (χ3v) is 4.67. The number of aliphatic carboxylic acids is 1. The molecule has 1 amide bonds. The maximum atomic E-state index is 13.0. The number of hydrogen-bond acceptors (Lipinski definition) is 4. The van der Waals surface area contributed by atoms with Gasteiger partial charge < -0.3 is 14.9 Å². The predicted molar refractivity (Wildman–Crippen MR) is 104 cm³/mol. The van der Waals surface area contributed by atoms with Gasteiger partial charge in [0.1, 0.15) is 5.76 Å². The molecule has 3 aromatic rings. The molecule has 0 saturated heterocycles. The number of hydrogen-bond donors (Lipinski definition) is 2. The standard InChI is InChI=1S/C21H23N3O4/c1-13-11-17(15(3)24(13)19-12-14(2)28-23-19)21(27)22-18(9-10-20(25)26)16-7-5-4-6-8-16/h4-8,11-12,18H,9-10H2,1-3H3,(H,22,27)(H,25,26). The van der Waals surface area contributed by atoms with Gasteiger partial charge in [-0.05, 0) is 38.8 Å². The highest BCUT2D eigenvalue weighted by Gasteiger charge is 2.22. The van der Waals surface area contributed by atoms with Crippen LogP contribution in [0.3, 0.4) is 0 Å². The van der Waals surface area contributed by atoms with Crippen LogP contribution in [0.4, 0.5) is 0 Å². The van der Waals surface area contributed by atoms with E-state index in [-0.39, 0.29) is 18.4 Å². The van der Waals surface area contributed by atoms with Crippen LogP contribution in [-0.2, 0) is 4.79 Å². The number of carboxylic acids is 1. The van der Waals surface area contributed by atoms with Crippen molar-refractivity contribution >= 4 is 11.9 Å². The fourth-order valence-corrected chi connectivity index (χ4v) is 3.32. The molecule has 1 aromatic carbocycles. The van der Waals surface area contributed by atoms with Crippen LogP contribution in [0.5, 0.6) is 0 Å². The molecule has 0 bridgehead atoms. The van der Waals surface area contributed by atoms with Crippen LogP contribution < -0.4 is 5.32 Å². The van der Waals surface area contributed by atoms with E-state index >= 15 is 0 Å². The molecule has 7 nitrogen and oxygen atoms in total. The summed E-state index contributed by atoms with van der Waals surface area (Å²) in [5.74, 6) is 0.164. The third-order valence-electron chi connectivity index (χ3n) is 4.67.